The highest BCUT2D eigenvalue weighted by atomic mass is 16.5. The molecular formula is C21H31N3O3. The van der Waals surface area contributed by atoms with Gasteiger partial charge in [0.2, 0.25) is 0 Å². The van der Waals surface area contributed by atoms with E-state index in [0.29, 0.717) is 12.3 Å². The van der Waals surface area contributed by atoms with Crippen molar-refractivity contribution in [2.75, 3.05) is 33.0 Å². The summed E-state index contributed by atoms with van der Waals surface area (Å²) in [6.07, 6.45) is 8.16. The van der Waals surface area contributed by atoms with E-state index in [1.165, 1.54) is 5.57 Å². The Balaban J connectivity index is 1.64. The van der Waals surface area contributed by atoms with E-state index in [1.807, 2.05) is 13.1 Å². The summed E-state index contributed by atoms with van der Waals surface area (Å²) in [5.41, 5.74) is 3.11. The number of nitrogens with zero attached hydrogens (tertiary/aromatic N) is 3. The zero-order chi connectivity index (χ0) is 18.9. The van der Waals surface area contributed by atoms with Crippen molar-refractivity contribution in [2.45, 2.75) is 51.5 Å². The van der Waals surface area contributed by atoms with Crippen LogP contribution in [-0.2, 0) is 22.9 Å². The summed E-state index contributed by atoms with van der Waals surface area (Å²) >= 11 is 0. The fraction of sp³-hybridized carbons (Fsp3) is 0.714. The lowest BCUT2D eigenvalue weighted by molar-refractivity contribution is -0.0741. The van der Waals surface area contributed by atoms with E-state index >= 15 is 0 Å². The number of amides is 1. The summed E-state index contributed by atoms with van der Waals surface area (Å²) in [6, 6.07) is 2.19. The predicted octanol–water partition coefficient (Wildman–Crippen LogP) is 2.73. The van der Waals surface area contributed by atoms with E-state index in [2.05, 4.69) is 23.0 Å². The Kier molecular flexibility index (Phi) is 5.37. The highest BCUT2D eigenvalue weighted by molar-refractivity contribution is 5.93. The molecular weight excluding hydrogens is 342 g/mol. The predicted molar refractivity (Wildman–Crippen MR) is 103 cm³/mol. The molecule has 2 fully saturated rings. The molecule has 1 aromatic heterocycles. The summed E-state index contributed by atoms with van der Waals surface area (Å²) in [6.45, 7) is 5.87. The Morgan fingerprint density at radius 3 is 3.04 bits per heavy atom. The lowest BCUT2D eigenvalue weighted by atomic mass is 9.65. The second kappa shape index (κ2) is 7.76. The van der Waals surface area contributed by atoms with E-state index in [9.17, 15) is 4.79 Å². The van der Waals surface area contributed by atoms with E-state index in [-0.39, 0.29) is 17.4 Å². The third-order valence-corrected chi connectivity index (χ3v) is 6.45. The fourth-order valence-electron chi connectivity index (χ4n) is 5.18. The molecule has 2 saturated heterocycles. The standard InChI is InChI=1S/C21H31N3O3/c1-3-5-17-14-18(23(2)22-17)20(25)24-10-4-9-21(15-27-13-8-19(21)24)16-6-11-26-12-7-16/h6,14,19H,3-5,7-13,15H2,1-2H3/t19-,21-/m0/s1. The zero-order valence-corrected chi connectivity index (χ0v) is 16.6. The molecule has 1 aromatic rings. The van der Waals surface area contributed by atoms with Gasteiger partial charge in [0.25, 0.3) is 5.91 Å². The van der Waals surface area contributed by atoms with Gasteiger partial charge in [-0.15, -0.1) is 0 Å². The first-order chi connectivity index (χ1) is 13.2. The average molecular weight is 373 g/mol. The first-order valence-corrected chi connectivity index (χ1v) is 10.3. The van der Waals surface area contributed by atoms with Gasteiger partial charge >= 0.3 is 0 Å². The van der Waals surface area contributed by atoms with Crippen molar-refractivity contribution in [3.05, 3.63) is 29.1 Å². The molecule has 0 radical (unpaired) electrons. The van der Waals surface area contributed by atoms with E-state index in [0.717, 1.165) is 70.6 Å². The summed E-state index contributed by atoms with van der Waals surface area (Å²) in [5, 5.41) is 4.54. The molecule has 1 amide bonds. The monoisotopic (exact) mass is 373 g/mol. The Hall–Kier alpha value is -1.66. The molecule has 4 rings (SSSR count). The van der Waals surface area contributed by atoms with E-state index in [4.69, 9.17) is 9.47 Å². The first-order valence-electron chi connectivity index (χ1n) is 10.3. The van der Waals surface area contributed by atoms with Gasteiger partial charge < -0.3 is 14.4 Å². The first kappa shape index (κ1) is 18.7. The number of hydrogen-bond donors (Lipinski definition) is 0. The van der Waals surface area contributed by atoms with Crippen LogP contribution in [0.25, 0.3) is 0 Å². The second-order valence-corrected chi connectivity index (χ2v) is 8.06. The Labute approximate surface area is 161 Å². The summed E-state index contributed by atoms with van der Waals surface area (Å²) in [5.74, 6) is 0.121. The maximum absolute atomic E-state index is 13.5. The SMILES string of the molecule is CCCc1cc(C(=O)N2CCC[C@@]3(C4=CCOCC4)COCC[C@H]23)n(C)n1. The molecule has 27 heavy (non-hydrogen) atoms. The molecule has 0 aromatic carbocycles. The van der Waals surface area contributed by atoms with Crippen molar-refractivity contribution in [1.82, 2.24) is 14.7 Å². The van der Waals surface area contributed by atoms with Gasteiger partial charge in [0.1, 0.15) is 5.69 Å². The summed E-state index contributed by atoms with van der Waals surface area (Å²) in [4.78, 5) is 15.6. The van der Waals surface area contributed by atoms with Crippen molar-refractivity contribution in [3.63, 3.8) is 0 Å². The van der Waals surface area contributed by atoms with Gasteiger partial charge in [-0.05, 0) is 38.2 Å². The molecule has 0 unspecified atom stereocenters. The van der Waals surface area contributed by atoms with Gasteiger partial charge in [-0.1, -0.05) is 25.0 Å². The third-order valence-electron chi connectivity index (χ3n) is 6.45. The maximum atomic E-state index is 13.5. The van der Waals surface area contributed by atoms with Gasteiger partial charge in [0.15, 0.2) is 0 Å². The summed E-state index contributed by atoms with van der Waals surface area (Å²) in [7, 11) is 1.88. The Bertz CT molecular complexity index is 722. The van der Waals surface area contributed by atoms with Crippen molar-refractivity contribution in [1.29, 1.82) is 0 Å². The van der Waals surface area contributed by atoms with Crippen LogP contribution in [0.4, 0.5) is 0 Å². The molecule has 148 valence electrons. The number of carbonyl (C=O) groups excluding carboxylic acids is 1. The summed E-state index contributed by atoms with van der Waals surface area (Å²) < 4.78 is 13.3. The number of likely N-dealkylation sites (tertiary alicyclic amines) is 1. The number of aryl methyl sites for hydroxylation is 2. The molecule has 3 aliphatic rings. The quantitative estimate of drug-likeness (QED) is 0.762. The fourth-order valence-corrected chi connectivity index (χ4v) is 5.18. The van der Waals surface area contributed by atoms with Crippen molar-refractivity contribution in [2.24, 2.45) is 12.5 Å². The number of carbonyl (C=O) groups is 1. The second-order valence-electron chi connectivity index (χ2n) is 8.06. The minimum atomic E-state index is -0.0409. The molecule has 4 heterocycles. The van der Waals surface area contributed by atoms with Gasteiger partial charge in [-0.25, -0.2) is 0 Å². The van der Waals surface area contributed by atoms with Crippen molar-refractivity contribution >= 4 is 5.91 Å². The van der Waals surface area contributed by atoms with Crippen molar-refractivity contribution < 1.29 is 14.3 Å². The molecule has 3 aliphatic heterocycles. The number of ether oxygens (including phenoxy) is 2. The van der Waals surface area contributed by atoms with Crippen LogP contribution in [0.2, 0.25) is 0 Å². The number of fused-ring (bicyclic) bond motifs is 1. The van der Waals surface area contributed by atoms with Gasteiger partial charge in [-0.3, -0.25) is 9.48 Å². The van der Waals surface area contributed by atoms with E-state index in [1.54, 1.807) is 4.68 Å². The van der Waals surface area contributed by atoms with Gasteiger partial charge in [0, 0.05) is 31.7 Å². The smallest absolute Gasteiger partial charge is 0.272 e. The van der Waals surface area contributed by atoms with Gasteiger partial charge in [-0.2, -0.15) is 5.10 Å². The normalized spacial score (nSPS) is 28.6. The van der Waals surface area contributed by atoms with Gasteiger partial charge in [0.05, 0.1) is 25.5 Å². The number of piperidine rings is 1. The highest BCUT2D eigenvalue weighted by Gasteiger charge is 2.50. The van der Waals surface area contributed by atoms with Crippen LogP contribution in [0.5, 0.6) is 0 Å². The highest BCUT2D eigenvalue weighted by Crippen LogP contribution is 2.48. The van der Waals surface area contributed by atoms with Crippen LogP contribution in [0.15, 0.2) is 17.7 Å². The Morgan fingerprint density at radius 2 is 2.26 bits per heavy atom. The van der Waals surface area contributed by atoms with Crippen molar-refractivity contribution in [3.8, 4) is 0 Å². The van der Waals surface area contributed by atoms with Crippen LogP contribution < -0.4 is 0 Å². The molecule has 6 nitrogen and oxygen atoms in total. The topological polar surface area (TPSA) is 56.6 Å². The number of aromatic nitrogens is 2. The molecule has 0 bridgehead atoms. The van der Waals surface area contributed by atoms with Crippen LogP contribution in [0.3, 0.4) is 0 Å². The minimum absolute atomic E-state index is 0.0409. The third kappa shape index (κ3) is 3.34. The number of rotatable bonds is 4. The average Bonchev–Trinajstić information content (AvgIpc) is 3.08. The molecule has 0 N–H and O–H groups in total. The van der Waals surface area contributed by atoms with Crippen LogP contribution in [0, 0.1) is 5.41 Å². The molecule has 6 heteroatoms. The maximum Gasteiger partial charge on any atom is 0.272 e. The van der Waals surface area contributed by atoms with E-state index < -0.39 is 0 Å². The number of hydrogen-bond acceptors (Lipinski definition) is 4. The zero-order valence-electron chi connectivity index (χ0n) is 16.6. The van der Waals surface area contributed by atoms with Crippen LogP contribution in [0.1, 0.15) is 55.2 Å². The molecule has 0 spiro atoms. The molecule has 0 saturated carbocycles. The van der Waals surface area contributed by atoms with Crippen LogP contribution in [-0.4, -0.2) is 59.6 Å². The van der Waals surface area contributed by atoms with Crippen LogP contribution >= 0.6 is 0 Å². The molecule has 2 atom stereocenters. The minimum Gasteiger partial charge on any atom is -0.380 e. The lowest BCUT2D eigenvalue weighted by Gasteiger charge is -2.54. The lowest BCUT2D eigenvalue weighted by Crippen LogP contribution is -2.60. The largest absolute Gasteiger partial charge is 0.380 e. The Morgan fingerprint density at radius 1 is 1.37 bits per heavy atom. The molecule has 0 aliphatic carbocycles.